The minimum absolute atomic E-state index is 0.112. The van der Waals surface area contributed by atoms with E-state index >= 15 is 0 Å². The molecule has 6 nitrogen and oxygen atoms in total. The summed E-state index contributed by atoms with van der Waals surface area (Å²) in [5.74, 6) is 1.96. The second-order valence-electron chi connectivity index (χ2n) is 4.95. The average Bonchev–Trinajstić information content (AvgIpc) is 3.29. The maximum atomic E-state index is 11.0. The van der Waals surface area contributed by atoms with Gasteiger partial charge in [0.15, 0.2) is 0 Å². The number of benzene rings is 1. The Hall–Kier alpha value is -2.02. The molecule has 1 aliphatic rings. The molecule has 1 aromatic carbocycles. The van der Waals surface area contributed by atoms with E-state index in [1.54, 1.807) is 24.3 Å². The quantitative estimate of drug-likeness (QED) is 0.506. The number of rotatable bonds is 5. The molecule has 1 saturated carbocycles. The fraction of sp³-hybridized carbons (Fsp3) is 0.286. The van der Waals surface area contributed by atoms with Crippen LogP contribution < -0.4 is 5.32 Å². The highest BCUT2D eigenvalue weighted by molar-refractivity contribution is 9.10. The molecule has 0 unspecified atom stereocenters. The second-order valence-corrected chi connectivity index (χ2v) is 5.76. The van der Waals surface area contributed by atoms with Crippen LogP contribution in [0.25, 0.3) is 0 Å². The van der Waals surface area contributed by atoms with E-state index in [2.05, 4.69) is 31.2 Å². The van der Waals surface area contributed by atoms with E-state index in [0.717, 1.165) is 23.3 Å². The van der Waals surface area contributed by atoms with Crippen molar-refractivity contribution in [1.82, 2.24) is 9.97 Å². The Morgan fingerprint density at radius 1 is 1.33 bits per heavy atom. The molecule has 0 bridgehead atoms. The van der Waals surface area contributed by atoms with Gasteiger partial charge in [0, 0.05) is 30.2 Å². The van der Waals surface area contributed by atoms with Gasteiger partial charge in [0.1, 0.15) is 16.2 Å². The van der Waals surface area contributed by atoms with Crippen molar-refractivity contribution >= 4 is 27.4 Å². The van der Waals surface area contributed by atoms with Crippen molar-refractivity contribution in [2.75, 3.05) is 5.32 Å². The Morgan fingerprint density at radius 3 is 2.81 bits per heavy atom. The third kappa shape index (κ3) is 3.36. The predicted molar refractivity (Wildman–Crippen MR) is 82.1 cm³/mol. The minimum Gasteiger partial charge on any atom is -0.366 e. The van der Waals surface area contributed by atoms with Crippen molar-refractivity contribution in [2.24, 2.45) is 0 Å². The van der Waals surface area contributed by atoms with Gasteiger partial charge in [0.25, 0.3) is 5.69 Å². The van der Waals surface area contributed by atoms with E-state index in [1.165, 1.54) is 6.07 Å². The first-order valence-electron chi connectivity index (χ1n) is 6.64. The number of nitro benzene ring substituents is 1. The van der Waals surface area contributed by atoms with Crippen molar-refractivity contribution in [3.63, 3.8) is 0 Å². The molecule has 108 valence electrons. The number of halogens is 1. The van der Waals surface area contributed by atoms with E-state index in [1.807, 2.05) is 0 Å². The van der Waals surface area contributed by atoms with Gasteiger partial charge in [-0.25, -0.2) is 9.97 Å². The monoisotopic (exact) mass is 348 g/mol. The lowest BCUT2D eigenvalue weighted by molar-refractivity contribution is -0.385. The van der Waals surface area contributed by atoms with Gasteiger partial charge in [-0.05, 0) is 28.8 Å². The Bertz CT molecular complexity index is 688. The lowest BCUT2D eigenvalue weighted by Crippen LogP contribution is -2.06. The van der Waals surface area contributed by atoms with Crippen molar-refractivity contribution < 1.29 is 4.92 Å². The first kappa shape index (κ1) is 13.9. The van der Waals surface area contributed by atoms with Gasteiger partial charge < -0.3 is 5.32 Å². The number of nitrogens with one attached hydrogen (secondary N) is 1. The molecule has 1 heterocycles. The van der Waals surface area contributed by atoms with Gasteiger partial charge in [0.05, 0.1) is 4.92 Å². The number of para-hydroxylation sites is 1. The predicted octanol–water partition coefficient (Wildman–Crippen LogP) is 3.64. The maximum Gasteiger partial charge on any atom is 0.274 e. The third-order valence-electron chi connectivity index (χ3n) is 3.30. The summed E-state index contributed by atoms with van der Waals surface area (Å²) < 4.78 is 0.726. The number of hydrogen-bond donors (Lipinski definition) is 1. The highest BCUT2D eigenvalue weighted by Crippen LogP contribution is 2.38. The van der Waals surface area contributed by atoms with E-state index in [4.69, 9.17) is 0 Å². The molecule has 21 heavy (non-hydrogen) atoms. The minimum atomic E-state index is -0.372. The number of nitrogens with zero attached hydrogens (tertiary/aromatic N) is 3. The van der Waals surface area contributed by atoms with Crippen LogP contribution in [0.15, 0.2) is 34.9 Å². The van der Waals surface area contributed by atoms with Crippen LogP contribution in [-0.2, 0) is 6.54 Å². The van der Waals surface area contributed by atoms with Gasteiger partial charge in [0.2, 0.25) is 0 Å². The topological polar surface area (TPSA) is 81.0 Å². The molecule has 0 spiro atoms. The summed E-state index contributed by atoms with van der Waals surface area (Å²) in [7, 11) is 0. The standard InChI is InChI=1S/C14H13BrN4O2/c15-12-7-13(18-14(17-12)9-5-6-9)16-8-10-3-1-2-4-11(10)19(20)21/h1-4,7,9H,5-6,8H2,(H,16,17,18). The largest absolute Gasteiger partial charge is 0.366 e. The number of nitro groups is 1. The lowest BCUT2D eigenvalue weighted by atomic mass is 10.2. The molecule has 0 atom stereocenters. The summed E-state index contributed by atoms with van der Waals surface area (Å²) >= 11 is 3.37. The van der Waals surface area contributed by atoms with Gasteiger partial charge in [-0.3, -0.25) is 10.1 Å². The molecule has 0 amide bonds. The first-order chi connectivity index (χ1) is 10.1. The van der Waals surface area contributed by atoms with E-state index in [0.29, 0.717) is 23.8 Å². The summed E-state index contributed by atoms with van der Waals surface area (Å²) in [6, 6.07) is 8.47. The Kier molecular flexibility index (Phi) is 3.83. The van der Waals surface area contributed by atoms with Crippen LogP contribution in [0.3, 0.4) is 0 Å². The first-order valence-corrected chi connectivity index (χ1v) is 7.43. The average molecular weight is 349 g/mol. The maximum absolute atomic E-state index is 11.0. The molecule has 0 radical (unpaired) electrons. The smallest absolute Gasteiger partial charge is 0.274 e. The fourth-order valence-corrected chi connectivity index (χ4v) is 2.47. The highest BCUT2D eigenvalue weighted by Gasteiger charge is 2.27. The third-order valence-corrected chi connectivity index (χ3v) is 3.71. The molecular weight excluding hydrogens is 336 g/mol. The van der Waals surface area contributed by atoms with Crippen molar-refractivity contribution in [3.8, 4) is 0 Å². The molecule has 0 aliphatic heterocycles. The van der Waals surface area contributed by atoms with Crippen LogP contribution in [0.2, 0.25) is 0 Å². The summed E-state index contributed by atoms with van der Waals surface area (Å²) in [5, 5.41) is 14.1. The highest BCUT2D eigenvalue weighted by atomic mass is 79.9. The van der Waals surface area contributed by atoms with Crippen LogP contribution >= 0.6 is 15.9 Å². The molecule has 1 fully saturated rings. The van der Waals surface area contributed by atoms with Crippen molar-refractivity contribution in [3.05, 3.63) is 56.4 Å². The Balaban J connectivity index is 1.77. The second kappa shape index (κ2) is 5.77. The molecule has 7 heteroatoms. The Morgan fingerprint density at radius 2 is 2.10 bits per heavy atom. The Labute approximate surface area is 129 Å². The molecule has 1 aromatic heterocycles. The van der Waals surface area contributed by atoms with Gasteiger partial charge in [-0.1, -0.05) is 18.2 Å². The summed E-state index contributed by atoms with van der Waals surface area (Å²) in [6.07, 6.45) is 2.25. The molecular formula is C14H13BrN4O2. The number of hydrogen-bond acceptors (Lipinski definition) is 5. The zero-order chi connectivity index (χ0) is 14.8. The normalized spacial score (nSPS) is 14.0. The van der Waals surface area contributed by atoms with Crippen LogP contribution in [0.1, 0.15) is 30.1 Å². The van der Waals surface area contributed by atoms with E-state index in [9.17, 15) is 10.1 Å². The van der Waals surface area contributed by atoms with Crippen LogP contribution in [0, 0.1) is 10.1 Å². The van der Waals surface area contributed by atoms with E-state index in [-0.39, 0.29) is 10.6 Å². The van der Waals surface area contributed by atoms with Gasteiger partial charge in [-0.15, -0.1) is 0 Å². The van der Waals surface area contributed by atoms with Crippen molar-refractivity contribution in [1.29, 1.82) is 0 Å². The van der Waals surface area contributed by atoms with Gasteiger partial charge in [-0.2, -0.15) is 0 Å². The summed E-state index contributed by atoms with van der Waals surface area (Å²) in [4.78, 5) is 19.4. The zero-order valence-corrected chi connectivity index (χ0v) is 12.7. The number of anilines is 1. The van der Waals surface area contributed by atoms with Crippen LogP contribution in [0.5, 0.6) is 0 Å². The fourth-order valence-electron chi connectivity index (χ4n) is 2.07. The summed E-state index contributed by atoms with van der Waals surface area (Å²) in [5.41, 5.74) is 0.741. The lowest BCUT2D eigenvalue weighted by Gasteiger charge is -2.08. The molecule has 1 aliphatic carbocycles. The molecule has 1 N–H and O–H groups in total. The zero-order valence-electron chi connectivity index (χ0n) is 11.1. The van der Waals surface area contributed by atoms with E-state index < -0.39 is 0 Å². The molecule has 0 saturated heterocycles. The number of aromatic nitrogens is 2. The molecule has 2 aromatic rings. The van der Waals surface area contributed by atoms with Crippen molar-refractivity contribution in [2.45, 2.75) is 25.3 Å². The summed E-state index contributed by atoms with van der Waals surface area (Å²) in [6.45, 7) is 0.352. The SMILES string of the molecule is O=[N+]([O-])c1ccccc1CNc1cc(Br)nc(C2CC2)n1. The van der Waals surface area contributed by atoms with Crippen LogP contribution in [0.4, 0.5) is 11.5 Å². The van der Waals surface area contributed by atoms with Gasteiger partial charge >= 0.3 is 0 Å². The van der Waals surface area contributed by atoms with Crippen LogP contribution in [-0.4, -0.2) is 14.9 Å². The molecule has 3 rings (SSSR count).